The van der Waals surface area contributed by atoms with Crippen molar-refractivity contribution in [2.45, 2.75) is 0 Å². The van der Waals surface area contributed by atoms with Crippen LogP contribution in [-0.4, -0.2) is 21.0 Å². The molecule has 0 aliphatic heterocycles. The zero-order chi connectivity index (χ0) is 10.8. The van der Waals surface area contributed by atoms with Crippen LogP contribution < -0.4 is 0 Å². The van der Waals surface area contributed by atoms with Gasteiger partial charge in [-0.1, -0.05) is 0 Å². The van der Waals surface area contributed by atoms with E-state index < -0.39 is 5.97 Å². The molecule has 0 spiro atoms. The van der Waals surface area contributed by atoms with Crippen LogP contribution in [0, 0.1) is 0 Å². The van der Waals surface area contributed by atoms with Gasteiger partial charge in [-0.2, -0.15) is 0 Å². The molecule has 0 saturated carbocycles. The van der Waals surface area contributed by atoms with E-state index in [-0.39, 0.29) is 5.69 Å². The minimum absolute atomic E-state index is 0.0648. The van der Waals surface area contributed by atoms with E-state index in [0.717, 1.165) is 10.0 Å². The van der Waals surface area contributed by atoms with Gasteiger partial charge >= 0.3 is 5.97 Å². The molecule has 6 heteroatoms. The third-order valence-corrected chi connectivity index (χ3v) is 3.00. The van der Waals surface area contributed by atoms with Crippen LogP contribution in [0.5, 0.6) is 0 Å². The largest absolute Gasteiger partial charge is 0.476 e. The standard InChI is InChI=1S/C9H5BrN2O2S/c10-6-1-5(2-11-3-6)8-12-7(4-15-8)9(13)14/h1-4H,(H,13,14). The van der Waals surface area contributed by atoms with Gasteiger partial charge in [-0.3, -0.25) is 4.98 Å². The Morgan fingerprint density at radius 3 is 2.87 bits per heavy atom. The van der Waals surface area contributed by atoms with E-state index in [9.17, 15) is 4.79 Å². The van der Waals surface area contributed by atoms with Gasteiger partial charge in [-0.05, 0) is 22.0 Å². The zero-order valence-corrected chi connectivity index (χ0v) is 9.75. The van der Waals surface area contributed by atoms with E-state index in [0.29, 0.717) is 5.01 Å². The van der Waals surface area contributed by atoms with Crippen LogP contribution in [0.3, 0.4) is 0 Å². The van der Waals surface area contributed by atoms with Crippen molar-refractivity contribution >= 4 is 33.2 Å². The number of hydrogen-bond acceptors (Lipinski definition) is 4. The predicted molar refractivity (Wildman–Crippen MR) is 60.0 cm³/mol. The summed E-state index contributed by atoms with van der Waals surface area (Å²) in [6.45, 7) is 0. The number of halogens is 1. The third kappa shape index (κ3) is 2.21. The molecule has 2 aromatic heterocycles. The van der Waals surface area contributed by atoms with Crippen molar-refractivity contribution in [3.05, 3.63) is 34.0 Å². The first-order valence-electron chi connectivity index (χ1n) is 3.96. The molecule has 0 aliphatic carbocycles. The van der Waals surface area contributed by atoms with Gasteiger partial charge in [0.1, 0.15) is 5.01 Å². The lowest BCUT2D eigenvalue weighted by atomic mass is 10.3. The van der Waals surface area contributed by atoms with Crippen LogP contribution in [-0.2, 0) is 0 Å². The Bertz CT molecular complexity index is 512. The highest BCUT2D eigenvalue weighted by atomic mass is 79.9. The molecule has 0 saturated heterocycles. The van der Waals surface area contributed by atoms with Crippen LogP contribution in [0.15, 0.2) is 28.3 Å². The summed E-state index contributed by atoms with van der Waals surface area (Å²) >= 11 is 4.58. The molecule has 0 atom stereocenters. The quantitative estimate of drug-likeness (QED) is 0.921. The number of carboxylic acids is 1. The fourth-order valence-corrected chi connectivity index (χ4v) is 2.17. The second-order valence-corrected chi connectivity index (χ2v) is 4.51. The number of aromatic nitrogens is 2. The summed E-state index contributed by atoms with van der Waals surface area (Å²) in [6, 6.07) is 1.84. The van der Waals surface area contributed by atoms with Crippen LogP contribution >= 0.6 is 27.3 Å². The summed E-state index contributed by atoms with van der Waals surface area (Å²) in [7, 11) is 0. The number of carbonyl (C=O) groups is 1. The first-order valence-corrected chi connectivity index (χ1v) is 5.64. The Morgan fingerprint density at radius 2 is 2.27 bits per heavy atom. The van der Waals surface area contributed by atoms with E-state index in [4.69, 9.17) is 5.11 Å². The smallest absolute Gasteiger partial charge is 0.355 e. The molecular formula is C9H5BrN2O2S. The first-order chi connectivity index (χ1) is 7.16. The maximum atomic E-state index is 10.6. The molecule has 0 aromatic carbocycles. The van der Waals surface area contributed by atoms with Crippen molar-refractivity contribution in [2.75, 3.05) is 0 Å². The Labute approximate surface area is 97.8 Å². The third-order valence-electron chi connectivity index (χ3n) is 1.68. The monoisotopic (exact) mass is 284 g/mol. The second-order valence-electron chi connectivity index (χ2n) is 2.73. The van der Waals surface area contributed by atoms with E-state index in [1.165, 1.54) is 16.7 Å². The number of pyridine rings is 1. The molecule has 0 amide bonds. The molecular weight excluding hydrogens is 280 g/mol. The van der Waals surface area contributed by atoms with Gasteiger partial charge in [0, 0.05) is 27.8 Å². The molecule has 0 fully saturated rings. The number of rotatable bonds is 2. The molecule has 0 aliphatic rings. The number of hydrogen-bond donors (Lipinski definition) is 1. The van der Waals surface area contributed by atoms with Gasteiger partial charge in [0.2, 0.25) is 0 Å². The Morgan fingerprint density at radius 1 is 1.47 bits per heavy atom. The first kappa shape index (κ1) is 10.3. The number of nitrogens with zero attached hydrogens (tertiary/aromatic N) is 2. The highest BCUT2D eigenvalue weighted by Crippen LogP contribution is 2.25. The highest BCUT2D eigenvalue weighted by molar-refractivity contribution is 9.10. The minimum Gasteiger partial charge on any atom is -0.476 e. The van der Waals surface area contributed by atoms with Crippen LogP contribution in [0.1, 0.15) is 10.5 Å². The van der Waals surface area contributed by atoms with Crippen molar-refractivity contribution in [2.24, 2.45) is 0 Å². The highest BCUT2D eigenvalue weighted by Gasteiger charge is 2.10. The fourth-order valence-electron chi connectivity index (χ4n) is 1.03. The van der Waals surface area contributed by atoms with Crippen molar-refractivity contribution < 1.29 is 9.90 Å². The predicted octanol–water partition coefficient (Wildman–Crippen LogP) is 2.67. The van der Waals surface area contributed by atoms with Gasteiger partial charge in [0.25, 0.3) is 0 Å². The van der Waals surface area contributed by atoms with Crippen LogP contribution in [0.2, 0.25) is 0 Å². The van der Waals surface area contributed by atoms with Gasteiger partial charge in [0.05, 0.1) is 0 Å². The van der Waals surface area contributed by atoms with Crippen LogP contribution in [0.4, 0.5) is 0 Å². The second kappa shape index (κ2) is 4.08. The lowest BCUT2D eigenvalue weighted by Crippen LogP contribution is -1.95. The normalized spacial score (nSPS) is 10.2. The SMILES string of the molecule is O=C(O)c1csc(-c2cncc(Br)c2)n1. The average Bonchev–Trinajstić information content (AvgIpc) is 2.66. The van der Waals surface area contributed by atoms with Crippen LogP contribution in [0.25, 0.3) is 10.6 Å². The van der Waals surface area contributed by atoms with E-state index in [2.05, 4.69) is 25.9 Å². The molecule has 2 aromatic rings. The summed E-state index contributed by atoms with van der Waals surface area (Å²) in [5.74, 6) is -1.01. The summed E-state index contributed by atoms with van der Waals surface area (Å²) in [5, 5.41) is 10.9. The maximum absolute atomic E-state index is 10.6. The molecule has 2 heterocycles. The lowest BCUT2D eigenvalue weighted by Gasteiger charge is -1.95. The number of aromatic carboxylic acids is 1. The molecule has 0 unspecified atom stereocenters. The molecule has 4 nitrogen and oxygen atoms in total. The fraction of sp³-hybridized carbons (Fsp3) is 0. The molecule has 0 radical (unpaired) electrons. The zero-order valence-electron chi connectivity index (χ0n) is 7.35. The van der Waals surface area contributed by atoms with Gasteiger partial charge in [-0.25, -0.2) is 9.78 Å². The topological polar surface area (TPSA) is 63.1 Å². The average molecular weight is 285 g/mol. The van der Waals surface area contributed by atoms with Gasteiger partial charge in [-0.15, -0.1) is 11.3 Å². The van der Waals surface area contributed by atoms with Gasteiger partial charge in [0.15, 0.2) is 5.69 Å². The molecule has 0 bridgehead atoms. The van der Waals surface area contributed by atoms with E-state index in [1.807, 2.05) is 6.07 Å². The number of thiazole rings is 1. The summed E-state index contributed by atoms with van der Waals surface area (Å²) in [4.78, 5) is 18.6. The molecule has 2 rings (SSSR count). The Balaban J connectivity index is 2.41. The maximum Gasteiger partial charge on any atom is 0.355 e. The van der Waals surface area contributed by atoms with Crippen molar-refractivity contribution in [1.82, 2.24) is 9.97 Å². The van der Waals surface area contributed by atoms with Crippen molar-refractivity contribution in [1.29, 1.82) is 0 Å². The summed E-state index contributed by atoms with van der Waals surface area (Å²) < 4.78 is 0.840. The Kier molecular flexibility index (Phi) is 2.79. The Hall–Kier alpha value is -1.27. The summed E-state index contributed by atoms with van der Waals surface area (Å²) in [5.41, 5.74) is 0.872. The molecule has 76 valence electrons. The summed E-state index contributed by atoms with van der Waals surface area (Å²) in [6.07, 6.45) is 3.31. The van der Waals surface area contributed by atoms with E-state index in [1.54, 1.807) is 12.4 Å². The lowest BCUT2D eigenvalue weighted by molar-refractivity contribution is 0.0691. The number of carboxylic acid groups (broad SMARTS) is 1. The van der Waals surface area contributed by atoms with E-state index >= 15 is 0 Å². The molecule has 15 heavy (non-hydrogen) atoms. The molecule has 1 N–H and O–H groups in total. The minimum atomic E-state index is -1.01. The van der Waals surface area contributed by atoms with Gasteiger partial charge < -0.3 is 5.11 Å². The van der Waals surface area contributed by atoms with Crippen molar-refractivity contribution in [3.8, 4) is 10.6 Å². The van der Waals surface area contributed by atoms with Crippen molar-refractivity contribution in [3.63, 3.8) is 0 Å².